The van der Waals surface area contributed by atoms with Gasteiger partial charge in [0.2, 0.25) is 0 Å². The molecule has 0 spiro atoms. The minimum absolute atomic E-state index is 0.0902. The summed E-state index contributed by atoms with van der Waals surface area (Å²) >= 11 is 0. The smallest absolute Gasteiger partial charge is 0.112 e. The van der Waals surface area contributed by atoms with Gasteiger partial charge in [-0.3, -0.25) is 0 Å². The number of para-hydroxylation sites is 2. The number of benzene rings is 1. The largest absolute Gasteiger partial charge is 0.328 e. The van der Waals surface area contributed by atoms with Gasteiger partial charge in [0.15, 0.2) is 0 Å². The van der Waals surface area contributed by atoms with Gasteiger partial charge >= 0.3 is 0 Å². The molecule has 0 bridgehead atoms. The fraction of sp³-hybridized carbons (Fsp3) is 0.417. The zero-order chi connectivity index (χ0) is 10.7. The van der Waals surface area contributed by atoms with Gasteiger partial charge in [-0.05, 0) is 18.6 Å². The second-order valence-electron chi connectivity index (χ2n) is 3.62. The van der Waals surface area contributed by atoms with Gasteiger partial charge in [-0.25, -0.2) is 10.1 Å². The molecule has 79 valence electrons. The first-order valence-electron chi connectivity index (χ1n) is 5.39. The Labute approximate surface area is 89.4 Å². The third-order valence-corrected chi connectivity index (χ3v) is 2.51. The van der Waals surface area contributed by atoms with Crippen molar-refractivity contribution < 1.29 is 5.11 Å². The maximum absolute atomic E-state index is 10.7. The van der Waals surface area contributed by atoms with Gasteiger partial charge in [-0.1, -0.05) is 19.1 Å². The molecule has 2 aromatic rings. The standard InChI is InChI=1S/C12H15N2O/c1-2-8-14-11-6-4-3-5-10(11)13-12(14)7-9-15/h3-6H,2,7-9H2,1H3. The number of imidazole rings is 1. The van der Waals surface area contributed by atoms with Crippen LogP contribution in [0, 0.1) is 0 Å². The molecule has 0 saturated carbocycles. The normalized spacial score (nSPS) is 11.1. The predicted molar refractivity (Wildman–Crippen MR) is 59.3 cm³/mol. The maximum atomic E-state index is 10.7. The van der Waals surface area contributed by atoms with Crippen LogP contribution in [0.1, 0.15) is 19.2 Å². The summed E-state index contributed by atoms with van der Waals surface area (Å²) in [6, 6.07) is 8.05. The maximum Gasteiger partial charge on any atom is 0.112 e. The third kappa shape index (κ3) is 1.88. The molecule has 0 saturated heterocycles. The van der Waals surface area contributed by atoms with Crippen LogP contribution in [0.25, 0.3) is 11.0 Å². The molecule has 1 aromatic heterocycles. The monoisotopic (exact) mass is 203 g/mol. The molecule has 0 N–H and O–H groups in total. The Bertz CT molecular complexity index is 448. The van der Waals surface area contributed by atoms with Gasteiger partial charge in [0.25, 0.3) is 0 Å². The van der Waals surface area contributed by atoms with Gasteiger partial charge in [0.05, 0.1) is 17.6 Å². The number of aromatic nitrogens is 2. The molecular formula is C12H15N2O. The molecule has 0 aliphatic carbocycles. The highest BCUT2D eigenvalue weighted by Crippen LogP contribution is 2.16. The Balaban J connectivity index is 2.53. The quantitative estimate of drug-likeness (QED) is 0.752. The third-order valence-electron chi connectivity index (χ3n) is 2.51. The van der Waals surface area contributed by atoms with E-state index in [9.17, 15) is 5.11 Å². The highest BCUT2D eigenvalue weighted by atomic mass is 16.3. The molecule has 1 radical (unpaired) electrons. The van der Waals surface area contributed by atoms with Gasteiger partial charge in [0.1, 0.15) is 5.82 Å². The van der Waals surface area contributed by atoms with Crippen molar-refractivity contribution in [2.45, 2.75) is 26.3 Å². The molecule has 3 heteroatoms. The van der Waals surface area contributed by atoms with Crippen LogP contribution in [0.5, 0.6) is 0 Å². The molecule has 15 heavy (non-hydrogen) atoms. The Morgan fingerprint density at radius 3 is 2.87 bits per heavy atom. The summed E-state index contributed by atoms with van der Waals surface area (Å²) in [5.41, 5.74) is 2.14. The van der Waals surface area contributed by atoms with Crippen LogP contribution in [0.4, 0.5) is 0 Å². The van der Waals surface area contributed by atoms with E-state index in [2.05, 4.69) is 22.5 Å². The summed E-state index contributed by atoms with van der Waals surface area (Å²) < 4.78 is 2.16. The first-order valence-corrected chi connectivity index (χ1v) is 5.39. The van der Waals surface area contributed by atoms with Crippen molar-refractivity contribution in [3.05, 3.63) is 30.1 Å². The Morgan fingerprint density at radius 1 is 1.33 bits per heavy atom. The van der Waals surface area contributed by atoms with E-state index in [1.165, 1.54) is 0 Å². The molecule has 0 atom stereocenters. The summed E-state index contributed by atoms with van der Waals surface area (Å²) in [5, 5.41) is 10.7. The molecule has 0 aliphatic heterocycles. The van der Waals surface area contributed by atoms with Crippen molar-refractivity contribution in [1.29, 1.82) is 0 Å². The van der Waals surface area contributed by atoms with Crippen molar-refractivity contribution in [2.24, 2.45) is 0 Å². The predicted octanol–water partition coefficient (Wildman–Crippen LogP) is 2.42. The highest BCUT2D eigenvalue weighted by molar-refractivity contribution is 5.75. The van der Waals surface area contributed by atoms with Crippen LogP contribution in [-0.2, 0) is 18.1 Å². The van der Waals surface area contributed by atoms with Gasteiger partial charge < -0.3 is 4.57 Å². The summed E-state index contributed by atoms with van der Waals surface area (Å²) in [5.74, 6) is 0.924. The van der Waals surface area contributed by atoms with E-state index in [0.29, 0.717) is 6.42 Å². The van der Waals surface area contributed by atoms with Gasteiger partial charge in [-0.15, -0.1) is 0 Å². The number of hydrogen-bond donors (Lipinski definition) is 0. The average Bonchev–Trinajstić information content (AvgIpc) is 2.59. The fourth-order valence-corrected chi connectivity index (χ4v) is 1.88. The van der Waals surface area contributed by atoms with E-state index in [4.69, 9.17) is 0 Å². The van der Waals surface area contributed by atoms with E-state index in [-0.39, 0.29) is 6.61 Å². The minimum atomic E-state index is -0.0902. The Kier molecular flexibility index (Phi) is 3.02. The molecule has 0 aliphatic rings. The molecular weight excluding hydrogens is 188 g/mol. The first-order chi connectivity index (χ1) is 7.36. The van der Waals surface area contributed by atoms with Crippen molar-refractivity contribution in [3.8, 4) is 0 Å². The molecule has 0 fully saturated rings. The van der Waals surface area contributed by atoms with Crippen molar-refractivity contribution in [1.82, 2.24) is 9.55 Å². The molecule has 1 aromatic carbocycles. The Morgan fingerprint density at radius 2 is 2.13 bits per heavy atom. The van der Waals surface area contributed by atoms with Crippen molar-refractivity contribution in [3.63, 3.8) is 0 Å². The van der Waals surface area contributed by atoms with Gasteiger partial charge in [-0.2, -0.15) is 0 Å². The van der Waals surface area contributed by atoms with Crippen molar-refractivity contribution >= 4 is 11.0 Å². The van der Waals surface area contributed by atoms with Crippen molar-refractivity contribution in [2.75, 3.05) is 6.61 Å². The second-order valence-corrected chi connectivity index (χ2v) is 3.62. The van der Waals surface area contributed by atoms with E-state index in [1.807, 2.05) is 18.2 Å². The zero-order valence-corrected chi connectivity index (χ0v) is 8.94. The lowest BCUT2D eigenvalue weighted by molar-refractivity contribution is 0.194. The van der Waals surface area contributed by atoms with Crippen LogP contribution in [0.15, 0.2) is 24.3 Å². The van der Waals surface area contributed by atoms with Gasteiger partial charge in [0, 0.05) is 13.0 Å². The minimum Gasteiger partial charge on any atom is -0.328 e. The second kappa shape index (κ2) is 4.45. The van der Waals surface area contributed by atoms with Crippen LogP contribution in [0.3, 0.4) is 0 Å². The lowest BCUT2D eigenvalue weighted by Crippen LogP contribution is -2.04. The molecule has 0 amide bonds. The summed E-state index contributed by atoms with van der Waals surface area (Å²) in [6.07, 6.45) is 1.58. The lowest BCUT2D eigenvalue weighted by Gasteiger charge is -2.05. The Hall–Kier alpha value is -1.35. The number of rotatable bonds is 4. The zero-order valence-electron chi connectivity index (χ0n) is 8.94. The van der Waals surface area contributed by atoms with Crippen LogP contribution in [-0.4, -0.2) is 16.2 Å². The summed E-state index contributed by atoms with van der Waals surface area (Å²) in [7, 11) is 0. The summed E-state index contributed by atoms with van der Waals surface area (Å²) in [4.78, 5) is 4.48. The average molecular weight is 203 g/mol. The van der Waals surface area contributed by atoms with E-state index < -0.39 is 0 Å². The van der Waals surface area contributed by atoms with Crippen LogP contribution in [0.2, 0.25) is 0 Å². The number of aryl methyl sites for hydroxylation is 1. The molecule has 2 rings (SSSR count). The molecule has 0 unspecified atom stereocenters. The fourth-order valence-electron chi connectivity index (χ4n) is 1.88. The lowest BCUT2D eigenvalue weighted by atomic mass is 10.3. The first kappa shape index (κ1) is 10.2. The highest BCUT2D eigenvalue weighted by Gasteiger charge is 2.08. The molecule has 3 nitrogen and oxygen atoms in total. The van der Waals surface area contributed by atoms with E-state index in [0.717, 1.165) is 29.8 Å². The number of nitrogens with zero attached hydrogens (tertiary/aromatic N) is 2. The topological polar surface area (TPSA) is 37.7 Å². The molecule has 1 heterocycles. The van der Waals surface area contributed by atoms with Crippen LogP contribution >= 0.6 is 0 Å². The SMILES string of the molecule is CCCn1c(CC[O])nc2ccccc21. The summed E-state index contributed by atoms with van der Waals surface area (Å²) in [6.45, 7) is 2.98. The number of fused-ring (bicyclic) bond motifs is 1. The van der Waals surface area contributed by atoms with E-state index >= 15 is 0 Å². The van der Waals surface area contributed by atoms with E-state index in [1.54, 1.807) is 0 Å². The van der Waals surface area contributed by atoms with Crippen LogP contribution < -0.4 is 0 Å². The number of hydrogen-bond acceptors (Lipinski definition) is 1.